The zero-order valence-corrected chi connectivity index (χ0v) is 10.2. The number of ether oxygens (including phenoxy) is 1. The van der Waals surface area contributed by atoms with Crippen LogP contribution in [0.4, 0.5) is 5.82 Å². The van der Waals surface area contributed by atoms with E-state index in [0.717, 1.165) is 36.8 Å². The summed E-state index contributed by atoms with van der Waals surface area (Å²) < 4.78 is 5.52. The topological polar surface area (TPSA) is 47.0 Å². The summed E-state index contributed by atoms with van der Waals surface area (Å²) in [7, 11) is 0. The molecule has 1 N–H and O–H groups in total. The fourth-order valence-electron chi connectivity index (χ4n) is 2.00. The fraction of sp³-hybridized carbons (Fsp3) is 0.667. The highest BCUT2D eigenvalue weighted by molar-refractivity contribution is 5.37. The Morgan fingerprint density at radius 3 is 2.94 bits per heavy atom. The molecule has 1 aromatic heterocycles. The molecule has 2 heterocycles. The van der Waals surface area contributed by atoms with Crippen LogP contribution in [0.5, 0.6) is 0 Å². The number of hydrogen-bond donors (Lipinski definition) is 1. The number of aryl methyl sites for hydroxylation is 2. The second kappa shape index (κ2) is 4.78. The zero-order valence-electron chi connectivity index (χ0n) is 10.2. The molecule has 1 aliphatic heterocycles. The molecule has 88 valence electrons. The molecule has 0 aromatic carbocycles. The lowest BCUT2D eigenvalue weighted by Crippen LogP contribution is -2.27. The van der Waals surface area contributed by atoms with Crippen molar-refractivity contribution in [3.63, 3.8) is 0 Å². The third-order valence-electron chi connectivity index (χ3n) is 2.96. The largest absolute Gasteiger partial charge is 0.376 e. The highest BCUT2D eigenvalue weighted by atomic mass is 16.5. The first-order chi connectivity index (χ1) is 7.69. The maximum absolute atomic E-state index is 5.52. The average Bonchev–Trinajstić information content (AvgIpc) is 2.63. The van der Waals surface area contributed by atoms with Crippen LogP contribution in [0.2, 0.25) is 0 Å². The molecule has 1 aliphatic rings. The van der Waals surface area contributed by atoms with Crippen LogP contribution < -0.4 is 5.32 Å². The van der Waals surface area contributed by atoms with Crippen LogP contribution in [0, 0.1) is 6.92 Å². The van der Waals surface area contributed by atoms with Gasteiger partial charge in [0.05, 0.1) is 12.1 Å². The molecule has 4 nitrogen and oxygen atoms in total. The van der Waals surface area contributed by atoms with Gasteiger partial charge in [-0.25, -0.2) is 9.97 Å². The van der Waals surface area contributed by atoms with Crippen LogP contribution >= 0.6 is 0 Å². The van der Waals surface area contributed by atoms with E-state index in [1.54, 1.807) is 0 Å². The van der Waals surface area contributed by atoms with E-state index < -0.39 is 0 Å². The van der Waals surface area contributed by atoms with Gasteiger partial charge in [0.15, 0.2) is 0 Å². The van der Waals surface area contributed by atoms with E-state index in [0.29, 0.717) is 6.04 Å². The van der Waals surface area contributed by atoms with Crippen LogP contribution in [-0.2, 0) is 11.2 Å². The molecule has 0 aliphatic carbocycles. The molecule has 0 bridgehead atoms. The zero-order chi connectivity index (χ0) is 11.5. The van der Waals surface area contributed by atoms with Gasteiger partial charge in [0.1, 0.15) is 11.6 Å². The molecular formula is C12H19N3O. The van der Waals surface area contributed by atoms with Gasteiger partial charge < -0.3 is 10.1 Å². The summed E-state index contributed by atoms with van der Waals surface area (Å²) in [6, 6.07) is 2.40. The molecule has 1 saturated heterocycles. The molecule has 1 aromatic rings. The lowest BCUT2D eigenvalue weighted by atomic mass is 10.1. The van der Waals surface area contributed by atoms with Crippen LogP contribution in [0.15, 0.2) is 6.07 Å². The SMILES string of the molecule is CCc1cc(NC2CCOC2C)nc(C)n1. The van der Waals surface area contributed by atoms with E-state index in [9.17, 15) is 0 Å². The second-order valence-electron chi connectivity index (χ2n) is 4.26. The van der Waals surface area contributed by atoms with Crippen LogP contribution in [0.25, 0.3) is 0 Å². The second-order valence-corrected chi connectivity index (χ2v) is 4.26. The van der Waals surface area contributed by atoms with Crippen LogP contribution in [0.1, 0.15) is 31.8 Å². The molecule has 2 unspecified atom stereocenters. The summed E-state index contributed by atoms with van der Waals surface area (Å²) in [6.45, 7) is 6.97. The van der Waals surface area contributed by atoms with E-state index in [-0.39, 0.29) is 6.10 Å². The number of nitrogens with zero attached hydrogens (tertiary/aromatic N) is 2. The maximum Gasteiger partial charge on any atom is 0.130 e. The van der Waals surface area contributed by atoms with Gasteiger partial charge in [0.2, 0.25) is 0 Å². The first-order valence-electron chi connectivity index (χ1n) is 5.91. The van der Waals surface area contributed by atoms with Gasteiger partial charge in [-0.2, -0.15) is 0 Å². The van der Waals surface area contributed by atoms with Gasteiger partial charge in [-0.3, -0.25) is 0 Å². The smallest absolute Gasteiger partial charge is 0.130 e. The molecule has 16 heavy (non-hydrogen) atoms. The Kier molecular flexibility index (Phi) is 3.39. The molecule has 2 rings (SSSR count). The van der Waals surface area contributed by atoms with Crippen molar-refractivity contribution in [1.82, 2.24) is 9.97 Å². The molecule has 0 amide bonds. The van der Waals surface area contributed by atoms with Crippen molar-refractivity contribution in [1.29, 1.82) is 0 Å². The normalized spacial score (nSPS) is 24.7. The number of hydrogen-bond acceptors (Lipinski definition) is 4. The van der Waals surface area contributed by atoms with Gasteiger partial charge >= 0.3 is 0 Å². The summed E-state index contributed by atoms with van der Waals surface area (Å²) in [5.74, 6) is 1.75. The van der Waals surface area contributed by atoms with E-state index >= 15 is 0 Å². The Morgan fingerprint density at radius 1 is 1.50 bits per heavy atom. The van der Waals surface area contributed by atoms with E-state index in [2.05, 4.69) is 29.1 Å². The standard InChI is InChI=1S/C12H19N3O/c1-4-10-7-12(14-9(3)13-10)15-11-5-6-16-8(11)2/h7-8,11H,4-6H2,1-3H3,(H,13,14,15). The third-order valence-corrected chi connectivity index (χ3v) is 2.96. The quantitative estimate of drug-likeness (QED) is 0.847. The van der Waals surface area contributed by atoms with Crippen molar-refractivity contribution >= 4 is 5.82 Å². The monoisotopic (exact) mass is 221 g/mol. The van der Waals surface area contributed by atoms with Crippen molar-refractivity contribution in [3.8, 4) is 0 Å². The van der Waals surface area contributed by atoms with Gasteiger partial charge in [-0.1, -0.05) is 6.92 Å². The van der Waals surface area contributed by atoms with Crippen molar-refractivity contribution in [2.24, 2.45) is 0 Å². The molecule has 4 heteroatoms. The average molecular weight is 221 g/mol. The Bertz CT molecular complexity index is 367. The summed E-state index contributed by atoms with van der Waals surface area (Å²) >= 11 is 0. The predicted octanol–water partition coefficient (Wildman–Crippen LogP) is 1.94. The van der Waals surface area contributed by atoms with Crippen molar-refractivity contribution in [3.05, 3.63) is 17.6 Å². The van der Waals surface area contributed by atoms with Gasteiger partial charge in [0, 0.05) is 18.4 Å². The lowest BCUT2D eigenvalue weighted by molar-refractivity contribution is 0.121. The minimum atomic E-state index is 0.264. The molecular weight excluding hydrogens is 202 g/mol. The number of aromatic nitrogens is 2. The molecule has 2 atom stereocenters. The minimum Gasteiger partial charge on any atom is -0.376 e. The molecule has 0 radical (unpaired) electrons. The highest BCUT2D eigenvalue weighted by Gasteiger charge is 2.24. The fourth-order valence-corrected chi connectivity index (χ4v) is 2.00. The third kappa shape index (κ3) is 2.50. The Hall–Kier alpha value is -1.16. The number of anilines is 1. The summed E-state index contributed by atoms with van der Waals surface area (Å²) in [5.41, 5.74) is 1.08. The molecule has 1 fully saturated rings. The van der Waals surface area contributed by atoms with Gasteiger partial charge in [-0.05, 0) is 26.7 Å². The Labute approximate surface area is 96.4 Å². The van der Waals surface area contributed by atoms with Crippen LogP contribution in [0.3, 0.4) is 0 Å². The van der Waals surface area contributed by atoms with Crippen molar-refractivity contribution in [2.45, 2.75) is 45.8 Å². The van der Waals surface area contributed by atoms with Crippen LogP contribution in [-0.4, -0.2) is 28.7 Å². The first kappa shape index (κ1) is 11.3. The highest BCUT2D eigenvalue weighted by Crippen LogP contribution is 2.18. The number of rotatable bonds is 3. The van der Waals surface area contributed by atoms with Gasteiger partial charge in [0.25, 0.3) is 0 Å². The summed E-state index contributed by atoms with van der Waals surface area (Å²) in [4.78, 5) is 8.77. The minimum absolute atomic E-state index is 0.264. The van der Waals surface area contributed by atoms with E-state index in [1.165, 1.54) is 0 Å². The van der Waals surface area contributed by atoms with Gasteiger partial charge in [-0.15, -0.1) is 0 Å². The van der Waals surface area contributed by atoms with E-state index in [4.69, 9.17) is 4.74 Å². The summed E-state index contributed by atoms with van der Waals surface area (Å²) in [6.07, 6.45) is 2.25. The number of nitrogens with one attached hydrogen (secondary N) is 1. The van der Waals surface area contributed by atoms with Crippen molar-refractivity contribution in [2.75, 3.05) is 11.9 Å². The molecule has 0 spiro atoms. The first-order valence-corrected chi connectivity index (χ1v) is 5.91. The lowest BCUT2D eigenvalue weighted by Gasteiger charge is -2.17. The van der Waals surface area contributed by atoms with E-state index in [1.807, 2.05) is 13.0 Å². The Morgan fingerprint density at radius 2 is 2.31 bits per heavy atom. The maximum atomic E-state index is 5.52. The summed E-state index contributed by atoms with van der Waals surface area (Å²) in [5, 5.41) is 3.43. The van der Waals surface area contributed by atoms with Crippen molar-refractivity contribution < 1.29 is 4.74 Å². The molecule has 0 saturated carbocycles. The predicted molar refractivity (Wildman–Crippen MR) is 63.6 cm³/mol. The Balaban J connectivity index is 2.11.